The molecular formula is C10H7F3N2. The number of aromatic nitrogens is 2. The second-order valence-electron chi connectivity index (χ2n) is 3.05. The van der Waals surface area contributed by atoms with Crippen LogP contribution in [0.2, 0.25) is 0 Å². The number of fused-ring (bicyclic) bond motifs is 1. The predicted octanol–water partition coefficient (Wildman–Crippen LogP) is 3.00. The van der Waals surface area contributed by atoms with Gasteiger partial charge in [0.15, 0.2) is 5.69 Å². The normalized spacial score (nSPS) is 11.9. The molecule has 0 saturated carbocycles. The molecule has 15 heavy (non-hydrogen) atoms. The van der Waals surface area contributed by atoms with Gasteiger partial charge < -0.3 is 4.40 Å². The molecular weight excluding hydrogens is 205 g/mol. The van der Waals surface area contributed by atoms with Crippen molar-refractivity contribution < 1.29 is 13.2 Å². The van der Waals surface area contributed by atoms with Gasteiger partial charge in [0.1, 0.15) is 5.65 Å². The first-order valence-electron chi connectivity index (χ1n) is 4.19. The molecule has 0 atom stereocenters. The fourth-order valence-corrected chi connectivity index (χ4v) is 1.26. The molecule has 5 heteroatoms. The highest BCUT2D eigenvalue weighted by molar-refractivity contribution is 5.54. The molecule has 0 unspecified atom stereocenters. The number of pyridine rings is 1. The Morgan fingerprint density at radius 1 is 1.40 bits per heavy atom. The summed E-state index contributed by atoms with van der Waals surface area (Å²) in [6.45, 7) is 3.53. The van der Waals surface area contributed by atoms with Crippen molar-refractivity contribution in [2.45, 2.75) is 6.18 Å². The number of hydrogen-bond donors (Lipinski definition) is 0. The van der Waals surface area contributed by atoms with E-state index in [0.717, 1.165) is 11.8 Å². The predicted molar refractivity (Wildman–Crippen MR) is 50.3 cm³/mol. The Kier molecular flexibility index (Phi) is 2.03. The van der Waals surface area contributed by atoms with Gasteiger partial charge in [-0.25, -0.2) is 4.98 Å². The van der Waals surface area contributed by atoms with Crippen LogP contribution in [0.5, 0.6) is 0 Å². The average molecular weight is 212 g/mol. The van der Waals surface area contributed by atoms with Crippen molar-refractivity contribution in [2.24, 2.45) is 0 Å². The Balaban J connectivity index is 2.61. The minimum Gasteiger partial charge on any atom is -0.306 e. The number of nitrogens with zero attached hydrogens (tertiary/aromatic N) is 2. The first-order valence-corrected chi connectivity index (χ1v) is 4.19. The quantitative estimate of drug-likeness (QED) is 0.710. The van der Waals surface area contributed by atoms with Crippen LogP contribution in [0.1, 0.15) is 11.3 Å². The van der Waals surface area contributed by atoms with Gasteiger partial charge in [-0.3, -0.25) is 0 Å². The van der Waals surface area contributed by atoms with E-state index >= 15 is 0 Å². The van der Waals surface area contributed by atoms with E-state index in [9.17, 15) is 13.2 Å². The first-order chi connectivity index (χ1) is 7.00. The number of imidazole rings is 1. The number of rotatable bonds is 1. The van der Waals surface area contributed by atoms with E-state index < -0.39 is 11.9 Å². The topological polar surface area (TPSA) is 17.3 Å². The molecule has 0 bridgehead atoms. The first kappa shape index (κ1) is 9.76. The van der Waals surface area contributed by atoms with Crippen LogP contribution >= 0.6 is 0 Å². The van der Waals surface area contributed by atoms with Gasteiger partial charge in [0, 0.05) is 12.4 Å². The maximum atomic E-state index is 12.3. The number of halogens is 3. The van der Waals surface area contributed by atoms with Gasteiger partial charge in [-0.1, -0.05) is 12.7 Å². The third kappa shape index (κ3) is 1.72. The van der Waals surface area contributed by atoms with Gasteiger partial charge in [-0.2, -0.15) is 13.2 Å². The zero-order chi connectivity index (χ0) is 11.1. The summed E-state index contributed by atoms with van der Waals surface area (Å²) in [5.41, 5.74) is 0.116. The Morgan fingerprint density at radius 2 is 2.13 bits per heavy atom. The smallest absolute Gasteiger partial charge is 0.306 e. The molecule has 0 aliphatic carbocycles. The second-order valence-corrected chi connectivity index (χ2v) is 3.05. The summed E-state index contributed by atoms with van der Waals surface area (Å²) in [4.78, 5) is 3.48. The molecule has 0 fully saturated rings. The highest BCUT2D eigenvalue weighted by Gasteiger charge is 2.33. The van der Waals surface area contributed by atoms with Crippen molar-refractivity contribution in [2.75, 3.05) is 0 Å². The van der Waals surface area contributed by atoms with Crippen LogP contribution in [0.15, 0.2) is 31.1 Å². The van der Waals surface area contributed by atoms with Crippen LogP contribution < -0.4 is 0 Å². The summed E-state index contributed by atoms with van der Waals surface area (Å²) in [7, 11) is 0. The van der Waals surface area contributed by atoms with Crippen LogP contribution in [0.4, 0.5) is 13.2 Å². The summed E-state index contributed by atoms with van der Waals surface area (Å²) >= 11 is 0. The lowest BCUT2D eigenvalue weighted by atomic mass is 10.3. The molecule has 0 saturated heterocycles. The maximum Gasteiger partial charge on any atom is 0.434 e. The fraction of sp³-hybridized carbons (Fsp3) is 0.100. The average Bonchev–Trinajstić information content (AvgIpc) is 2.59. The Morgan fingerprint density at radius 3 is 2.73 bits per heavy atom. The van der Waals surface area contributed by atoms with Gasteiger partial charge in [-0.05, 0) is 17.7 Å². The van der Waals surface area contributed by atoms with Crippen LogP contribution in [0, 0.1) is 0 Å². The van der Waals surface area contributed by atoms with Crippen molar-refractivity contribution in [1.82, 2.24) is 9.38 Å². The molecule has 0 aliphatic heterocycles. The molecule has 2 nitrogen and oxygen atoms in total. The fourth-order valence-electron chi connectivity index (χ4n) is 1.26. The van der Waals surface area contributed by atoms with Crippen LogP contribution in [-0.2, 0) is 6.18 Å². The lowest BCUT2D eigenvalue weighted by molar-refractivity contribution is -0.140. The Bertz CT molecular complexity index is 511. The second kappa shape index (κ2) is 3.12. The van der Waals surface area contributed by atoms with Crippen molar-refractivity contribution in [3.05, 3.63) is 42.4 Å². The minimum absolute atomic E-state index is 0.264. The zero-order valence-electron chi connectivity index (χ0n) is 7.62. The summed E-state index contributed by atoms with van der Waals surface area (Å²) < 4.78 is 38.3. The van der Waals surface area contributed by atoms with Crippen molar-refractivity contribution in [1.29, 1.82) is 0 Å². The molecule has 0 amide bonds. The van der Waals surface area contributed by atoms with Gasteiger partial charge in [0.05, 0.1) is 0 Å². The van der Waals surface area contributed by atoms with Crippen LogP contribution in [0.3, 0.4) is 0 Å². The van der Waals surface area contributed by atoms with E-state index in [1.54, 1.807) is 18.2 Å². The summed E-state index contributed by atoms with van der Waals surface area (Å²) in [6, 6.07) is 3.21. The lowest BCUT2D eigenvalue weighted by Gasteiger charge is -1.98. The molecule has 0 aliphatic rings. The third-order valence-corrected chi connectivity index (χ3v) is 2.01. The van der Waals surface area contributed by atoms with E-state index in [1.807, 2.05) is 0 Å². The Labute approximate surface area is 83.7 Å². The highest BCUT2D eigenvalue weighted by Crippen LogP contribution is 2.28. The molecule has 78 valence electrons. The molecule has 0 spiro atoms. The van der Waals surface area contributed by atoms with Crippen molar-refractivity contribution in [3.63, 3.8) is 0 Å². The molecule has 2 heterocycles. The van der Waals surface area contributed by atoms with Gasteiger partial charge in [0.2, 0.25) is 0 Å². The van der Waals surface area contributed by atoms with E-state index in [2.05, 4.69) is 11.6 Å². The van der Waals surface area contributed by atoms with E-state index in [1.165, 1.54) is 10.6 Å². The standard InChI is InChI=1S/C10H7F3N2/c1-2-7-3-4-15-6-8(10(11,12)13)14-9(15)5-7/h2-6H,1H2. The van der Waals surface area contributed by atoms with Crippen molar-refractivity contribution in [3.8, 4) is 0 Å². The van der Waals surface area contributed by atoms with Crippen LogP contribution in [0.25, 0.3) is 11.7 Å². The Hall–Kier alpha value is -1.78. The maximum absolute atomic E-state index is 12.3. The molecule has 2 rings (SSSR count). The summed E-state index contributed by atoms with van der Waals surface area (Å²) in [5.74, 6) is 0. The van der Waals surface area contributed by atoms with Gasteiger partial charge in [0.25, 0.3) is 0 Å². The SMILES string of the molecule is C=Cc1ccn2cc(C(F)(F)F)nc2c1. The monoisotopic (exact) mass is 212 g/mol. The molecule has 0 radical (unpaired) electrons. The van der Waals surface area contributed by atoms with Crippen molar-refractivity contribution >= 4 is 11.7 Å². The zero-order valence-corrected chi connectivity index (χ0v) is 7.62. The van der Waals surface area contributed by atoms with Gasteiger partial charge >= 0.3 is 6.18 Å². The lowest BCUT2D eigenvalue weighted by Crippen LogP contribution is -2.04. The number of hydrogen-bond acceptors (Lipinski definition) is 1. The highest BCUT2D eigenvalue weighted by atomic mass is 19.4. The summed E-state index contributed by atoms with van der Waals surface area (Å²) in [5, 5.41) is 0. The molecule has 2 aromatic rings. The molecule has 0 aromatic carbocycles. The minimum atomic E-state index is -4.40. The largest absolute Gasteiger partial charge is 0.434 e. The van der Waals surface area contributed by atoms with Crippen LogP contribution in [-0.4, -0.2) is 9.38 Å². The van der Waals surface area contributed by atoms with E-state index in [0.29, 0.717) is 0 Å². The number of alkyl halides is 3. The summed E-state index contributed by atoms with van der Waals surface area (Å²) in [6.07, 6.45) is -0.362. The molecule has 2 aromatic heterocycles. The van der Waals surface area contributed by atoms with E-state index in [-0.39, 0.29) is 5.65 Å². The third-order valence-electron chi connectivity index (χ3n) is 2.01. The van der Waals surface area contributed by atoms with E-state index in [4.69, 9.17) is 0 Å². The molecule has 0 N–H and O–H groups in total. The van der Waals surface area contributed by atoms with Gasteiger partial charge in [-0.15, -0.1) is 0 Å².